The summed E-state index contributed by atoms with van der Waals surface area (Å²) in [6.45, 7) is 0. The van der Waals surface area contributed by atoms with Crippen LogP contribution in [-0.4, -0.2) is 11.2 Å². The Bertz CT molecular complexity index is 648. The van der Waals surface area contributed by atoms with Gasteiger partial charge in [0.2, 0.25) is 0 Å². The number of carbonyl (C=O) groups excluding carboxylic acids is 1. The number of nitrogens with one attached hydrogen (secondary N) is 1. The first-order valence-electron chi connectivity index (χ1n) is 6.51. The Labute approximate surface area is 136 Å². The number of rotatable bonds is 5. The van der Waals surface area contributed by atoms with Crippen LogP contribution in [0.25, 0.3) is 0 Å². The average molecular weight is 371 g/mol. The highest BCUT2D eigenvalue weighted by molar-refractivity contribution is 9.09. The molecule has 1 N–H and O–H groups in total. The first-order chi connectivity index (χ1) is 10.1. The van der Waals surface area contributed by atoms with Gasteiger partial charge in [0.1, 0.15) is 5.82 Å². The Kier molecular flexibility index (Phi) is 5.76. The summed E-state index contributed by atoms with van der Waals surface area (Å²) >= 11 is 9.28. The smallest absolute Gasteiger partial charge is 0.257 e. The number of benzene rings is 2. The molecule has 0 aliphatic rings. The molecule has 0 saturated carbocycles. The van der Waals surface area contributed by atoms with Gasteiger partial charge in [0.05, 0.1) is 10.6 Å². The van der Waals surface area contributed by atoms with Gasteiger partial charge in [-0.15, -0.1) is 0 Å². The molecule has 0 bridgehead atoms. The van der Waals surface area contributed by atoms with Crippen LogP contribution in [0, 0.1) is 5.82 Å². The molecule has 2 rings (SSSR count). The molecule has 21 heavy (non-hydrogen) atoms. The fourth-order valence-electron chi connectivity index (χ4n) is 1.95. The van der Waals surface area contributed by atoms with Gasteiger partial charge in [-0.05, 0) is 48.7 Å². The summed E-state index contributed by atoms with van der Waals surface area (Å²) in [5.41, 5.74) is 2.11. The number of carbonyl (C=O) groups is 1. The largest absolute Gasteiger partial charge is 0.322 e. The van der Waals surface area contributed by atoms with E-state index in [0.717, 1.165) is 29.8 Å². The van der Waals surface area contributed by atoms with Gasteiger partial charge in [-0.2, -0.15) is 0 Å². The molecule has 0 aliphatic heterocycles. The zero-order valence-corrected chi connectivity index (χ0v) is 13.5. The van der Waals surface area contributed by atoms with E-state index in [0.29, 0.717) is 5.69 Å². The van der Waals surface area contributed by atoms with E-state index in [9.17, 15) is 9.18 Å². The first kappa shape index (κ1) is 16.0. The van der Waals surface area contributed by atoms with Crippen LogP contribution in [0.15, 0.2) is 42.5 Å². The zero-order chi connectivity index (χ0) is 15.2. The van der Waals surface area contributed by atoms with Crippen molar-refractivity contribution in [2.45, 2.75) is 12.8 Å². The predicted molar refractivity (Wildman–Crippen MR) is 87.9 cm³/mol. The van der Waals surface area contributed by atoms with Crippen molar-refractivity contribution in [2.24, 2.45) is 0 Å². The molecule has 0 spiro atoms. The van der Waals surface area contributed by atoms with Gasteiger partial charge in [0.25, 0.3) is 5.91 Å². The van der Waals surface area contributed by atoms with Crippen molar-refractivity contribution in [2.75, 3.05) is 10.6 Å². The average Bonchev–Trinajstić information content (AvgIpc) is 2.45. The van der Waals surface area contributed by atoms with Gasteiger partial charge in [0, 0.05) is 11.0 Å². The number of anilines is 1. The minimum atomic E-state index is -0.465. The predicted octanol–water partition coefficient (Wildman–Crippen LogP) is 5.06. The maximum Gasteiger partial charge on any atom is 0.257 e. The summed E-state index contributed by atoms with van der Waals surface area (Å²) < 4.78 is 13.0. The third-order valence-corrected chi connectivity index (χ3v) is 3.83. The molecule has 0 heterocycles. The van der Waals surface area contributed by atoms with Crippen LogP contribution in [0.5, 0.6) is 0 Å². The highest BCUT2D eigenvalue weighted by atomic mass is 79.9. The summed E-state index contributed by atoms with van der Waals surface area (Å²) in [5, 5.41) is 3.82. The molecule has 110 valence electrons. The lowest BCUT2D eigenvalue weighted by Gasteiger charge is -2.08. The number of halogens is 3. The normalized spacial score (nSPS) is 10.4. The highest BCUT2D eigenvalue weighted by Gasteiger charge is 2.11. The highest BCUT2D eigenvalue weighted by Crippen LogP contribution is 2.20. The van der Waals surface area contributed by atoms with Crippen LogP contribution in [0.3, 0.4) is 0 Å². The molecule has 5 heteroatoms. The number of amides is 1. The van der Waals surface area contributed by atoms with E-state index in [2.05, 4.69) is 21.2 Å². The molecule has 0 atom stereocenters. The van der Waals surface area contributed by atoms with Crippen LogP contribution < -0.4 is 5.32 Å². The molecule has 0 aliphatic carbocycles. The molecule has 1 amide bonds. The molecule has 0 radical (unpaired) electrons. The standard InChI is InChI=1S/C16H14BrClFNO/c17-8-2-4-11-3-1-5-13(9-11)20-16(21)14-7-6-12(19)10-15(14)18/h1,3,5-7,9-10H,2,4,8H2,(H,20,21). The molecule has 2 nitrogen and oxygen atoms in total. The summed E-state index contributed by atoms with van der Waals surface area (Å²) in [6.07, 6.45) is 1.97. The van der Waals surface area contributed by atoms with Crippen molar-refractivity contribution < 1.29 is 9.18 Å². The second-order valence-electron chi connectivity index (χ2n) is 4.57. The summed E-state index contributed by atoms with van der Waals surface area (Å²) in [6, 6.07) is 11.4. The third kappa shape index (κ3) is 4.55. The summed E-state index contributed by atoms with van der Waals surface area (Å²) in [4.78, 5) is 12.1. The Morgan fingerprint density at radius 3 is 2.76 bits per heavy atom. The van der Waals surface area contributed by atoms with Crippen molar-refractivity contribution in [3.05, 3.63) is 64.4 Å². The van der Waals surface area contributed by atoms with Gasteiger partial charge in [-0.1, -0.05) is 39.7 Å². The Morgan fingerprint density at radius 2 is 2.05 bits per heavy atom. The van der Waals surface area contributed by atoms with E-state index >= 15 is 0 Å². The Morgan fingerprint density at radius 1 is 1.24 bits per heavy atom. The van der Waals surface area contributed by atoms with Crippen LogP contribution in [-0.2, 0) is 6.42 Å². The van der Waals surface area contributed by atoms with Crippen LogP contribution in [0.2, 0.25) is 5.02 Å². The molecule has 0 unspecified atom stereocenters. The fraction of sp³-hybridized carbons (Fsp3) is 0.188. The number of hydrogen-bond acceptors (Lipinski definition) is 1. The molecular formula is C16H14BrClFNO. The van der Waals surface area contributed by atoms with Gasteiger partial charge in [-0.3, -0.25) is 4.79 Å². The summed E-state index contributed by atoms with van der Waals surface area (Å²) in [5.74, 6) is -0.814. The Hall–Kier alpha value is -1.39. The SMILES string of the molecule is O=C(Nc1cccc(CCCBr)c1)c1ccc(F)cc1Cl. The van der Waals surface area contributed by atoms with Crippen LogP contribution >= 0.6 is 27.5 Å². The maximum atomic E-state index is 13.0. The summed E-state index contributed by atoms with van der Waals surface area (Å²) in [7, 11) is 0. The van der Waals surface area contributed by atoms with Gasteiger partial charge >= 0.3 is 0 Å². The number of hydrogen-bond donors (Lipinski definition) is 1. The minimum Gasteiger partial charge on any atom is -0.322 e. The fourth-order valence-corrected chi connectivity index (χ4v) is 2.48. The lowest BCUT2D eigenvalue weighted by atomic mass is 10.1. The number of aryl methyl sites for hydroxylation is 1. The van der Waals surface area contributed by atoms with E-state index in [1.807, 2.05) is 24.3 Å². The van der Waals surface area contributed by atoms with E-state index in [-0.39, 0.29) is 16.5 Å². The second-order valence-corrected chi connectivity index (χ2v) is 5.77. The van der Waals surface area contributed by atoms with Crippen molar-refractivity contribution in [1.29, 1.82) is 0 Å². The monoisotopic (exact) mass is 369 g/mol. The zero-order valence-electron chi connectivity index (χ0n) is 11.2. The van der Waals surface area contributed by atoms with E-state index in [4.69, 9.17) is 11.6 Å². The first-order valence-corrected chi connectivity index (χ1v) is 8.01. The molecular weight excluding hydrogens is 357 g/mol. The van der Waals surface area contributed by atoms with Gasteiger partial charge in [-0.25, -0.2) is 4.39 Å². The lowest BCUT2D eigenvalue weighted by molar-refractivity contribution is 0.102. The third-order valence-electron chi connectivity index (χ3n) is 2.96. The molecule has 0 aromatic heterocycles. The maximum absolute atomic E-state index is 13.0. The van der Waals surface area contributed by atoms with E-state index in [1.165, 1.54) is 12.1 Å². The second kappa shape index (κ2) is 7.57. The van der Waals surface area contributed by atoms with Gasteiger partial charge < -0.3 is 5.32 Å². The van der Waals surface area contributed by atoms with Crippen LogP contribution in [0.1, 0.15) is 22.3 Å². The minimum absolute atomic E-state index is 0.0999. The number of alkyl halides is 1. The topological polar surface area (TPSA) is 29.1 Å². The van der Waals surface area contributed by atoms with Crippen molar-refractivity contribution in [3.63, 3.8) is 0 Å². The van der Waals surface area contributed by atoms with Crippen molar-refractivity contribution in [3.8, 4) is 0 Å². The molecule has 0 fully saturated rings. The lowest BCUT2D eigenvalue weighted by Crippen LogP contribution is -2.12. The van der Waals surface area contributed by atoms with E-state index in [1.54, 1.807) is 0 Å². The molecule has 0 saturated heterocycles. The van der Waals surface area contributed by atoms with E-state index < -0.39 is 5.82 Å². The van der Waals surface area contributed by atoms with Crippen molar-refractivity contribution in [1.82, 2.24) is 0 Å². The van der Waals surface area contributed by atoms with Gasteiger partial charge in [0.15, 0.2) is 0 Å². The van der Waals surface area contributed by atoms with Crippen LogP contribution in [0.4, 0.5) is 10.1 Å². The Balaban J connectivity index is 2.12. The molecule has 2 aromatic rings. The quantitative estimate of drug-likeness (QED) is 0.732. The van der Waals surface area contributed by atoms with Crippen molar-refractivity contribution >= 4 is 39.1 Å². The molecule has 2 aromatic carbocycles.